The van der Waals surface area contributed by atoms with Crippen LogP contribution in [0, 0.1) is 18.7 Å². The molecule has 1 fully saturated rings. The highest BCUT2D eigenvalue weighted by Crippen LogP contribution is 2.22. The number of halogens is 1. The number of carbonyl (C=O) groups excluding carboxylic acids is 1. The molecule has 1 N–H and O–H groups in total. The first kappa shape index (κ1) is 15.8. The van der Waals surface area contributed by atoms with Gasteiger partial charge in [-0.3, -0.25) is 0 Å². The van der Waals surface area contributed by atoms with E-state index in [9.17, 15) is 9.18 Å². The summed E-state index contributed by atoms with van der Waals surface area (Å²) in [5.74, 6) is 0.303. The quantitative estimate of drug-likeness (QED) is 0.889. The second-order valence-corrected chi connectivity index (χ2v) is 7.07. The molecule has 1 unspecified atom stereocenters. The molecule has 1 aliphatic rings. The van der Waals surface area contributed by atoms with E-state index in [0.717, 1.165) is 31.5 Å². The molecule has 4 heteroatoms. The van der Waals surface area contributed by atoms with Crippen LogP contribution in [0.4, 0.5) is 9.18 Å². The molecule has 1 aromatic carbocycles. The Morgan fingerprint density at radius 2 is 2.14 bits per heavy atom. The van der Waals surface area contributed by atoms with E-state index in [1.54, 1.807) is 6.92 Å². The van der Waals surface area contributed by atoms with Crippen LogP contribution in [0.15, 0.2) is 18.2 Å². The number of likely N-dealkylation sites (tertiary alicyclic amines) is 1. The molecule has 21 heavy (non-hydrogen) atoms. The number of carbonyl (C=O) groups is 1. The molecule has 1 heterocycles. The van der Waals surface area contributed by atoms with Gasteiger partial charge < -0.3 is 10.2 Å². The Morgan fingerprint density at radius 3 is 2.76 bits per heavy atom. The number of nitrogens with one attached hydrogen (secondary N) is 1. The molecule has 2 amide bonds. The monoisotopic (exact) mass is 292 g/mol. The summed E-state index contributed by atoms with van der Waals surface area (Å²) in [6.45, 7) is 9.32. The Morgan fingerprint density at radius 1 is 1.43 bits per heavy atom. The van der Waals surface area contributed by atoms with Crippen molar-refractivity contribution < 1.29 is 9.18 Å². The maximum atomic E-state index is 13.3. The standard InChI is InChI=1S/C17H25FN2O/c1-12-9-13(5-6-15(12)18)10-14-7-8-20(11-14)16(21)19-17(2,3)4/h5-6,9,14H,7-8,10-11H2,1-4H3,(H,19,21). The van der Waals surface area contributed by atoms with Crippen LogP contribution < -0.4 is 5.32 Å². The average molecular weight is 292 g/mol. The molecule has 3 nitrogen and oxygen atoms in total. The summed E-state index contributed by atoms with van der Waals surface area (Å²) < 4.78 is 13.3. The highest BCUT2D eigenvalue weighted by atomic mass is 19.1. The lowest BCUT2D eigenvalue weighted by molar-refractivity contribution is 0.197. The van der Waals surface area contributed by atoms with Gasteiger partial charge in [-0.25, -0.2) is 9.18 Å². The zero-order valence-corrected chi connectivity index (χ0v) is 13.4. The summed E-state index contributed by atoms with van der Waals surface area (Å²) >= 11 is 0. The highest BCUT2D eigenvalue weighted by Gasteiger charge is 2.28. The molecule has 0 saturated carbocycles. The van der Waals surface area contributed by atoms with E-state index in [1.807, 2.05) is 37.8 Å². The van der Waals surface area contributed by atoms with Gasteiger partial charge in [0, 0.05) is 18.6 Å². The summed E-state index contributed by atoms with van der Waals surface area (Å²) in [5.41, 5.74) is 1.63. The van der Waals surface area contributed by atoms with E-state index in [0.29, 0.717) is 11.5 Å². The molecule has 116 valence electrons. The lowest BCUT2D eigenvalue weighted by Gasteiger charge is -2.25. The van der Waals surface area contributed by atoms with Gasteiger partial charge >= 0.3 is 6.03 Å². The maximum Gasteiger partial charge on any atom is 0.317 e. The van der Waals surface area contributed by atoms with E-state index >= 15 is 0 Å². The van der Waals surface area contributed by atoms with Gasteiger partial charge in [0.2, 0.25) is 0 Å². The van der Waals surface area contributed by atoms with Crippen LogP contribution >= 0.6 is 0 Å². The van der Waals surface area contributed by atoms with Gasteiger partial charge in [-0.1, -0.05) is 12.1 Å². The molecule has 1 aromatic rings. The predicted molar refractivity (Wildman–Crippen MR) is 82.8 cm³/mol. The van der Waals surface area contributed by atoms with Crippen molar-refractivity contribution in [2.45, 2.75) is 46.1 Å². The van der Waals surface area contributed by atoms with Crippen LogP contribution in [-0.4, -0.2) is 29.6 Å². The van der Waals surface area contributed by atoms with Crippen LogP contribution in [0.5, 0.6) is 0 Å². The zero-order chi connectivity index (χ0) is 15.6. The second-order valence-electron chi connectivity index (χ2n) is 7.07. The topological polar surface area (TPSA) is 32.3 Å². The third-order valence-electron chi connectivity index (χ3n) is 3.80. The summed E-state index contributed by atoms with van der Waals surface area (Å²) in [6.07, 6.45) is 1.91. The maximum absolute atomic E-state index is 13.3. The highest BCUT2D eigenvalue weighted by molar-refractivity contribution is 5.75. The molecule has 0 bridgehead atoms. The van der Waals surface area contributed by atoms with Gasteiger partial charge in [-0.15, -0.1) is 0 Å². The molecule has 0 aliphatic carbocycles. The van der Waals surface area contributed by atoms with Crippen LogP contribution in [-0.2, 0) is 6.42 Å². The van der Waals surface area contributed by atoms with E-state index in [4.69, 9.17) is 0 Å². The lowest BCUT2D eigenvalue weighted by atomic mass is 9.97. The van der Waals surface area contributed by atoms with E-state index in [-0.39, 0.29) is 17.4 Å². The third-order valence-corrected chi connectivity index (χ3v) is 3.80. The third kappa shape index (κ3) is 4.45. The zero-order valence-electron chi connectivity index (χ0n) is 13.4. The molecule has 0 aromatic heterocycles. The average Bonchev–Trinajstić information content (AvgIpc) is 2.80. The number of rotatable bonds is 2. The minimum atomic E-state index is -0.205. The molecule has 2 rings (SSSR count). The minimum Gasteiger partial charge on any atom is -0.333 e. The lowest BCUT2D eigenvalue weighted by Crippen LogP contribution is -2.47. The first-order valence-corrected chi connectivity index (χ1v) is 7.57. The Balaban J connectivity index is 1.90. The minimum absolute atomic E-state index is 0.0142. The van der Waals surface area contributed by atoms with Crippen molar-refractivity contribution in [1.29, 1.82) is 0 Å². The van der Waals surface area contributed by atoms with Crippen LogP contribution in [0.25, 0.3) is 0 Å². The van der Waals surface area contributed by atoms with Crippen LogP contribution in [0.3, 0.4) is 0 Å². The number of aryl methyl sites for hydroxylation is 1. The number of hydrogen-bond donors (Lipinski definition) is 1. The Kier molecular flexibility index (Phi) is 4.55. The summed E-state index contributed by atoms with van der Waals surface area (Å²) in [6, 6.07) is 5.30. The number of urea groups is 1. The largest absolute Gasteiger partial charge is 0.333 e. The number of hydrogen-bond acceptors (Lipinski definition) is 1. The first-order valence-electron chi connectivity index (χ1n) is 7.57. The van der Waals surface area contributed by atoms with Gasteiger partial charge in [0.05, 0.1) is 0 Å². The van der Waals surface area contributed by atoms with E-state index in [1.165, 1.54) is 6.07 Å². The fraction of sp³-hybridized carbons (Fsp3) is 0.588. The predicted octanol–water partition coefficient (Wildman–Crippen LogP) is 3.51. The molecule has 0 radical (unpaired) electrons. The van der Waals surface area contributed by atoms with Crippen molar-refractivity contribution in [3.05, 3.63) is 35.1 Å². The van der Waals surface area contributed by atoms with Gasteiger partial charge in [0.1, 0.15) is 5.82 Å². The fourth-order valence-corrected chi connectivity index (χ4v) is 2.75. The van der Waals surface area contributed by atoms with Gasteiger partial charge in [-0.05, 0) is 63.6 Å². The number of benzene rings is 1. The molecule has 1 atom stereocenters. The van der Waals surface area contributed by atoms with Crippen LogP contribution in [0.2, 0.25) is 0 Å². The van der Waals surface area contributed by atoms with Crippen molar-refractivity contribution in [2.75, 3.05) is 13.1 Å². The molecular weight excluding hydrogens is 267 g/mol. The molecule has 1 aliphatic heterocycles. The van der Waals surface area contributed by atoms with Gasteiger partial charge in [-0.2, -0.15) is 0 Å². The summed E-state index contributed by atoms with van der Waals surface area (Å²) in [5, 5.41) is 3.00. The van der Waals surface area contributed by atoms with Gasteiger partial charge in [0.25, 0.3) is 0 Å². The number of amides is 2. The first-order chi connectivity index (χ1) is 9.74. The Hall–Kier alpha value is -1.58. The van der Waals surface area contributed by atoms with Gasteiger partial charge in [0.15, 0.2) is 0 Å². The summed E-state index contributed by atoms with van der Waals surface area (Å²) in [4.78, 5) is 14.0. The Bertz CT molecular complexity index is 522. The normalized spacial score (nSPS) is 18.9. The van der Waals surface area contributed by atoms with Crippen molar-refractivity contribution >= 4 is 6.03 Å². The molecule has 0 spiro atoms. The van der Waals surface area contributed by atoms with Crippen molar-refractivity contribution in [3.63, 3.8) is 0 Å². The van der Waals surface area contributed by atoms with Crippen molar-refractivity contribution in [3.8, 4) is 0 Å². The van der Waals surface area contributed by atoms with Crippen molar-refractivity contribution in [2.24, 2.45) is 5.92 Å². The van der Waals surface area contributed by atoms with E-state index < -0.39 is 0 Å². The molecule has 1 saturated heterocycles. The van der Waals surface area contributed by atoms with E-state index in [2.05, 4.69) is 5.32 Å². The fourth-order valence-electron chi connectivity index (χ4n) is 2.75. The van der Waals surface area contributed by atoms with Crippen LogP contribution in [0.1, 0.15) is 38.3 Å². The molecular formula is C17H25FN2O. The smallest absolute Gasteiger partial charge is 0.317 e. The second kappa shape index (κ2) is 6.04. The Labute approximate surface area is 126 Å². The summed E-state index contributed by atoms with van der Waals surface area (Å²) in [7, 11) is 0. The SMILES string of the molecule is Cc1cc(CC2CCN(C(=O)NC(C)(C)C)C2)ccc1F. The number of nitrogens with zero attached hydrogens (tertiary/aromatic N) is 1. The van der Waals surface area contributed by atoms with Crippen molar-refractivity contribution in [1.82, 2.24) is 10.2 Å².